The van der Waals surface area contributed by atoms with E-state index in [0.29, 0.717) is 19.3 Å². The van der Waals surface area contributed by atoms with Crippen LogP contribution in [0.4, 0.5) is 0 Å². The van der Waals surface area contributed by atoms with Gasteiger partial charge in [0.15, 0.2) is 0 Å². The van der Waals surface area contributed by atoms with Crippen molar-refractivity contribution in [3.8, 4) is 0 Å². The van der Waals surface area contributed by atoms with Gasteiger partial charge in [-0.25, -0.2) is 4.79 Å². The van der Waals surface area contributed by atoms with Crippen molar-refractivity contribution < 1.29 is 33.5 Å². The van der Waals surface area contributed by atoms with Crippen LogP contribution in [0.15, 0.2) is 0 Å². The van der Waals surface area contributed by atoms with Gasteiger partial charge >= 0.3 is 5.97 Å². The molecule has 1 saturated heterocycles. The number of hydrogen-bond acceptors (Lipinski definition) is 7. The molecule has 0 aromatic carbocycles. The first-order valence-electron chi connectivity index (χ1n) is 14.3. The van der Waals surface area contributed by atoms with Crippen LogP contribution >= 0.6 is 0 Å². The maximum atomic E-state index is 13.2. The van der Waals surface area contributed by atoms with Crippen molar-refractivity contribution in [3.05, 3.63) is 0 Å². The lowest BCUT2D eigenvalue weighted by atomic mass is 9.99. The number of hydrogen-bond donors (Lipinski definition) is 5. The number of carbonyl (C=O) groups excluding carboxylic acids is 6. The van der Waals surface area contributed by atoms with Crippen LogP contribution in [0.5, 0.6) is 0 Å². The molecule has 40 heavy (non-hydrogen) atoms. The van der Waals surface area contributed by atoms with Crippen LogP contribution in [0.3, 0.4) is 0 Å². The molecular formula is C28H49N5O7. The van der Waals surface area contributed by atoms with E-state index in [0.717, 1.165) is 6.42 Å². The Bertz CT molecular complexity index is 905. The highest BCUT2D eigenvalue weighted by Gasteiger charge is 2.33. The van der Waals surface area contributed by atoms with E-state index >= 15 is 0 Å². The molecule has 1 fully saturated rings. The second-order valence-electron chi connectivity index (χ2n) is 11.6. The molecule has 5 amide bonds. The van der Waals surface area contributed by atoms with E-state index in [2.05, 4.69) is 26.6 Å². The predicted molar refractivity (Wildman–Crippen MR) is 150 cm³/mol. The molecule has 0 spiro atoms. The van der Waals surface area contributed by atoms with Gasteiger partial charge in [0.25, 0.3) is 0 Å². The lowest BCUT2D eigenvalue weighted by molar-refractivity contribution is -0.156. The minimum absolute atomic E-state index is 0.0323. The topological polar surface area (TPSA) is 172 Å². The van der Waals surface area contributed by atoms with Gasteiger partial charge < -0.3 is 31.3 Å². The predicted octanol–water partition coefficient (Wildman–Crippen LogP) is 0.926. The quantitative estimate of drug-likeness (QED) is 0.285. The zero-order valence-electron chi connectivity index (χ0n) is 25.2. The number of cyclic esters (lactones) is 1. The van der Waals surface area contributed by atoms with Crippen molar-refractivity contribution in [2.24, 2.45) is 17.8 Å². The molecular weight excluding hydrogens is 518 g/mol. The molecule has 228 valence electrons. The molecule has 1 rings (SSSR count). The Balaban J connectivity index is 3.35. The number of nitrogens with one attached hydrogen (secondary N) is 5. The highest BCUT2D eigenvalue weighted by Crippen LogP contribution is 2.14. The maximum Gasteiger partial charge on any atom is 0.329 e. The summed E-state index contributed by atoms with van der Waals surface area (Å²) in [6.07, 6.45) is 1.33. The minimum Gasteiger partial charge on any atom is -0.460 e. The van der Waals surface area contributed by atoms with Crippen LogP contribution < -0.4 is 26.6 Å². The molecule has 12 nitrogen and oxygen atoms in total. The fourth-order valence-electron chi connectivity index (χ4n) is 4.21. The van der Waals surface area contributed by atoms with E-state index in [-0.39, 0.29) is 30.7 Å². The fourth-order valence-corrected chi connectivity index (χ4v) is 4.21. The van der Waals surface area contributed by atoms with Crippen molar-refractivity contribution in [3.63, 3.8) is 0 Å². The highest BCUT2D eigenvalue weighted by molar-refractivity contribution is 5.95. The Morgan fingerprint density at radius 2 is 1.40 bits per heavy atom. The highest BCUT2D eigenvalue weighted by atomic mass is 16.5. The molecule has 1 aliphatic rings. The normalized spacial score (nSPS) is 26.6. The molecule has 0 saturated carbocycles. The number of ether oxygens (including phenoxy) is 1. The van der Waals surface area contributed by atoms with E-state index in [1.165, 1.54) is 6.92 Å². The Hall–Kier alpha value is -3.18. The second-order valence-corrected chi connectivity index (χ2v) is 11.6. The van der Waals surface area contributed by atoms with Gasteiger partial charge in [0.05, 0.1) is 13.0 Å². The smallest absolute Gasteiger partial charge is 0.329 e. The molecule has 0 aromatic heterocycles. The van der Waals surface area contributed by atoms with Gasteiger partial charge in [-0.2, -0.15) is 0 Å². The zero-order valence-corrected chi connectivity index (χ0v) is 25.2. The Labute approximate surface area is 237 Å². The van der Waals surface area contributed by atoms with Crippen molar-refractivity contribution in [2.75, 3.05) is 6.54 Å². The average molecular weight is 568 g/mol. The van der Waals surface area contributed by atoms with Crippen molar-refractivity contribution in [1.82, 2.24) is 26.6 Å². The van der Waals surface area contributed by atoms with Crippen molar-refractivity contribution in [2.45, 2.75) is 118 Å². The molecule has 0 bridgehead atoms. The van der Waals surface area contributed by atoms with Crippen molar-refractivity contribution in [1.29, 1.82) is 0 Å². The number of rotatable bonds is 7. The van der Waals surface area contributed by atoms with Gasteiger partial charge in [-0.1, -0.05) is 61.3 Å². The average Bonchev–Trinajstić information content (AvgIpc) is 2.85. The third-order valence-corrected chi connectivity index (χ3v) is 6.60. The monoisotopic (exact) mass is 567 g/mol. The van der Waals surface area contributed by atoms with Gasteiger partial charge in [0, 0.05) is 0 Å². The second kappa shape index (κ2) is 16.8. The van der Waals surface area contributed by atoms with Crippen LogP contribution in [0, 0.1) is 17.8 Å². The summed E-state index contributed by atoms with van der Waals surface area (Å²) in [5.74, 6) is -4.07. The van der Waals surface area contributed by atoms with E-state index in [1.807, 2.05) is 20.8 Å². The Morgan fingerprint density at radius 3 is 1.95 bits per heavy atom. The van der Waals surface area contributed by atoms with E-state index in [9.17, 15) is 28.8 Å². The fraction of sp³-hybridized carbons (Fsp3) is 0.786. The summed E-state index contributed by atoms with van der Waals surface area (Å²) >= 11 is 0. The summed E-state index contributed by atoms with van der Waals surface area (Å²) in [7, 11) is 0. The molecule has 0 aliphatic carbocycles. The SMILES string of the molecule is CCCCC1CC(=O)NCC(=O)N[C@@H](C(C)C)C(=O)N[C@H](CC(C)C)C(=O)N[C@@H](C)C(=O)N[C@@H](C(C)C)C(=O)O1. The number of amides is 5. The first-order chi connectivity index (χ1) is 18.7. The third kappa shape index (κ3) is 11.9. The zero-order chi connectivity index (χ0) is 30.6. The number of carbonyl (C=O) groups is 6. The van der Waals surface area contributed by atoms with Crippen LogP contribution in [-0.2, 0) is 33.5 Å². The molecule has 5 atom stereocenters. The lowest BCUT2D eigenvalue weighted by Gasteiger charge is -2.27. The standard InChI is InChI=1S/C28H49N5O7/c1-9-10-11-19-13-21(34)29-14-22(35)32-23(16(4)5)27(38)31-20(12-15(2)3)26(37)30-18(8)25(36)33-24(17(6)7)28(39)40-19/h15-20,23-24H,9-14H2,1-8H3,(H,29,34)(H,30,37)(H,31,38)(H,32,35)(H,33,36)/t18-,19?,20+,23-,24-/m0/s1. The molecule has 0 aromatic rings. The minimum atomic E-state index is -1.02. The first kappa shape index (κ1) is 34.8. The number of esters is 1. The molecule has 12 heteroatoms. The molecule has 1 unspecified atom stereocenters. The van der Waals surface area contributed by atoms with E-state index in [4.69, 9.17) is 4.74 Å². The molecule has 5 N–H and O–H groups in total. The van der Waals surface area contributed by atoms with Gasteiger partial charge in [0.2, 0.25) is 29.5 Å². The first-order valence-corrected chi connectivity index (χ1v) is 14.3. The maximum absolute atomic E-state index is 13.2. The molecule has 1 aliphatic heterocycles. The van der Waals surface area contributed by atoms with Crippen LogP contribution in [-0.4, -0.2) is 72.3 Å². The summed E-state index contributed by atoms with van der Waals surface area (Å²) < 4.78 is 5.66. The van der Waals surface area contributed by atoms with Gasteiger partial charge in [-0.3, -0.25) is 24.0 Å². The van der Waals surface area contributed by atoms with Gasteiger partial charge in [-0.15, -0.1) is 0 Å². The molecule has 1 heterocycles. The van der Waals surface area contributed by atoms with Crippen LogP contribution in [0.25, 0.3) is 0 Å². The third-order valence-electron chi connectivity index (χ3n) is 6.60. The van der Waals surface area contributed by atoms with E-state index in [1.54, 1.807) is 27.7 Å². The summed E-state index contributed by atoms with van der Waals surface area (Å²) in [6.45, 7) is 13.9. The van der Waals surface area contributed by atoms with Gasteiger partial charge in [-0.05, 0) is 37.5 Å². The van der Waals surface area contributed by atoms with Crippen LogP contribution in [0.1, 0.15) is 87.5 Å². The summed E-state index contributed by atoms with van der Waals surface area (Å²) in [4.78, 5) is 77.7. The Kier molecular flexibility index (Phi) is 14.6. The van der Waals surface area contributed by atoms with Crippen LogP contribution in [0.2, 0.25) is 0 Å². The van der Waals surface area contributed by atoms with Crippen molar-refractivity contribution >= 4 is 35.5 Å². The largest absolute Gasteiger partial charge is 0.460 e. The number of unbranched alkanes of at least 4 members (excludes halogenated alkanes) is 1. The van der Waals surface area contributed by atoms with E-state index < -0.39 is 65.8 Å². The Morgan fingerprint density at radius 1 is 0.775 bits per heavy atom. The molecule has 0 radical (unpaired) electrons. The van der Waals surface area contributed by atoms with Gasteiger partial charge in [0.1, 0.15) is 30.3 Å². The summed E-state index contributed by atoms with van der Waals surface area (Å²) in [6, 6.07) is -3.95. The lowest BCUT2D eigenvalue weighted by Crippen LogP contribution is -2.58. The summed E-state index contributed by atoms with van der Waals surface area (Å²) in [5.41, 5.74) is 0. The summed E-state index contributed by atoms with van der Waals surface area (Å²) in [5, 5.41) is 13.2.